The molecule has 0 spiro atoms. The molecule has 1 aliphatic carbocycles. The van der Waals surface area contributed by atoms with Gasteiger partial charge < -0.3 is 20.3 Å². The van der Waals surface area contributed by atoms with Gasteiger partial charge in [-0.15, -0.1) is 22.7 Å². The molecule has 150 valence electrons. The molecule has 2 aliphatic rings. The third-order valence-electron chi connectivity index (χ3n) is 4.46. The summed E-state index contributed by atoms with van der Waals surface area (Å²) in [4.78, 5) is 27.1. The number of allylic oxidation sites excluding steroid dienone is 1. The highest BCUT2D eigenvalue weighted by Gasteiger charge is 2.25. The number of thiazole rings is 1. The van der Waals surface area contributed by atoms with Gasteiger partial charge in [0.15, 0.2) is 0 Å². The molecule has 4 rings (SSSR count). The van der Waals surface area contributed by atoms with Crippen LogP contribution in [0.4, 0.5) is 9.80 Å². The van der Waals surface area contributed by atoms with E-state index in [9.17, 15) is 4.79 Å². The first-order valence-corrected chi connectivity index (χ1v) is 10.7. The molecule has 3 N–H and O–H groups in total. The van der Waals surface area contributed by atoms with Crippen LogP contribution in [0.15, 0.2) is 17.0 Å². The molecule has 0 fully saturated rings. The van der Waals surface area contributed by atoms with E-state index in [4.69, 9.17) is 19.7 Å². The van der Waals surface area contributed by atoms with Crippen LogP contribution in [-0.2, 0) is 22.6 Å². The number of carboxylic acid groups (broad SMARTS) is 2. The monoisotopic (exact) mass is 422 g/mol. The second-order valence-corrected chi connectivity index (χ2v) is 8.48. The summed E-state index contributed by atoms with van der Waals surface area (Å²) in [6.45, 7) is 3.38. The summed E-state index contributed by atoms with van der Waals surface area (Å²) in [5.74, 6) is 0.0451. The SMILES string of the molecule is Cc1csc(-c2c(NC(=O)C3=CCCCC3)sc3c2CCOC3)n1.O=C(O)O. The lowest BCUT2D eigenvalue weighted by Gasteiger charge is -2.14. The number of thiophene rings is 1. The maximum absolute atomic E-state index is 12.6. The Morgan fingerprint density at radius 1 is 1.25 bits per heavy atom. The molecule has 0 saturated carbocycles. The van der Waals surface area contributed by atoms with Crippen LogP contribution in [0.1, 0.15) is 41.8 Å². The van der Waals surface area contributed by atoms with Crippen molar-refractivity contribution in [3.8, 4) is 10.6 Å². The van der Waals surface area contributed by atoms with Crippen LogP contribution >= 0.6 is 22.7 Å². The minimum absolute atomic E-state index is 0.0451. The summed E-state index contributed by atoms with van der Waals surface area (Å²) in [6, 6.07) is 0. The van der Waals surface area contributed by atoms with Gasteiger partial charge in [-0.25, -0.2) is 9.78 Å². The number of carbonyl (C=O) groups excluding carboxylic acids is 1. The fraction of sp³-hybridized carbons (Fsp3) is 0.421. The summed E-state index contributed by atoms with van der Waals surface area (Å²) >= 11 is 3.29. The van der Waals surface area contributed by atoms with Crippen LogP contribution in [0.5, 0.6) is 0 Å². The fourth-order valence-electron chi connectivity index (χ4n) is 3.24. The number of hydrogen-bond acceptors (Lipinski definition) is 6. The summed E-state index contributed by atoms with van der Waals surface area (Å²) in [6.07, 6.45) is 5.32. The van der Waals surface area contributed by atoms with E-state index in [1.54, 1.807) is 22.7 Å². The lowest BCUT2D eigenvalue weighted by Crippen LogP contribution is -2.15. The van der Waals surface area contributed by atoms with Crippen molar-refractivity contribution in [1.29, 1.82) is 0 Å². The number of aryl methyl sites for hydroxylation is 1. The number of fused-ring (bicyclic) bond motifs is 1. The van der Waals surface area contributed by atoms with E-state index in [0.717, 1.165) is 59.1 Å². The molecule has 7 nitrogen and oxygen atoms in total. The molecule has 9 heteroatoms. The number of rotatable bonds is 3. The topological polar surface area (TPSA) is 109 Å². The van der Waals surface area contributed by atoms with E-state index in [1.807, 2.05) is 6.92 Å². The van der Waals surface area contributed by atoms with Gasteiger partial charge in [0.2, 0.25) is 0 Å². The Labute approximate surface area is 170 Å². The van der Waals surface area contributed by atoms with Crippen molar-refractivity contribution in [3.05, 3.63) is 33.2 Å². The second kappa shape index (κ2) is 9.31. The van der Waals surface area contributed by atoms with Gasteiger partial charge in [0.1, 0.15) is 10.0 Å². The zero-order chi connectivity index (χ0) is 20.1. The third-order valence-corrected chi connectivity index (χ3v) is 6.56. The van der Waals surface area contributed by atoms with Gasteiger partial charge in [-0.05, 0) is 44.6 Å². The smallest absolute Gasteiger partial charge is 0.450 e. The van der Waals surface area contributed by atoms with E-state index >= 15 is 0 Å². The number of anilines is 1. The molecule has 0 saturated heterocycles. The Kier molecular flexibility index (Phi) is 6.82. The van der Waals surface area contributed by atoms with Crippen molar-refractivity contribution in [2.45, 2.75) is 45.6 Å². The van der Waals surface area contributed by atoms with Crippen molar-refractivity contribution in [2.75, 3.05) is 11.9 Å². The first-order valence-electron chi connectivity index (χ1n) is 9.02. The number of aromatic nitrogens is 1. The van der Waals surface area contributed by atoms with Gasteiger partial charge in [-0.1, -0.05) is 6.08 Å². The highest BCUT2D eigenvalue weighted by atomic mass is 32.1. The number of nitrogens with one attached hydrogen (secondary N) is 1. The normalized spacial score (nSPS) is 15.7. The average Bonchev–Trinajstić information content (AvgIpc) is 3.24. The highest BCUT2D eigenvalue weighted by Crippen LogP contribution is 2.44. The second-order valence-electron chi connectivity index (χ2n) is 6.52. The van der Waals surface area contributed by atoms with Crippen LogP contribution in [0.2, 0.25) is 0 Å². The summed E-state index contributed by atoms with van der Waals surface area (Å²) in [7, 11) is 0. The van der Waals surface area contributed by atoms with Gasteiger partial charge in [0.05, 0.1) is 13.2 Å². The standard InChI is InChI=1S/C18H20N2O2S2.CH2O3/c1-11-10-23-17(19-11)15-13-7-8-22-9-14(13)24-18(15)20-16(21)12-5-3-2-4-6-12;2-1(3)4/h5,10H,2-4,6-9H2,1H3,(H,20,21);(H2,2,3,4). The highest BCUT2D eigenvalue weighted by molar-refractivity contribution is 7.18. The van der Waals surface area contributed by atoms with E-state index in [1.165, 1.54) is 16.9 Å². The number of ether oxygens (including phenoxy) is 1. The van der Waals surface area contributed by atoms with Crippen molar-refractivity contribution in [2.24, 2.45) is 0 Å². The minimum atomic E-state index is -1.83. The molecule has 0 atom stereocenters. The Bertz CT molecular complexity index is 896. The first kappa shape index (κ1) is 20.5. The predicted molar refractivity (Wildman–Crippen MR) is 109 cm³/mol. The fourth-order valence-corrected chi connectivity index (χ4v) is 5.36. The minimum Gasteiger partial charge on any atom is -0.450 e. The summed E-state index contributed by atoms with van der Waals surface area (Å²) < 4.78 is 5.60. The molecular formula is C19H22N2O5S2. The van der Waals surface area contributed by atoms with Gasteiger partial charge >= 0.3 is 6.16 Å². The Morgan fingerprint density at radius 3 is 2.68 bits per heavy atom. The number of nitrogens with zero attached hydrogens (tertiary/aromatic N) is 1. The van der Waals surface area contributed by atoms with Crippen LogP contribution in [-0.4, -0.2) is 33.9 Å². The van der Waals surface area contributed by atoms with E-state index in [-0.39, 0.29) is 5.91 Å². The van der Waals surface area contributed by atoms with Crippen LogP contribution in [0.25, 0.3) is 10.6 Å². The van der Waals surface area contributed by atoms with Crippen molar-refractivity contribution >= 4 is 39.7 Å². The number of hydrogen-bond donors (Lipinski definition) is 3. The third kappa shape index (κ3) is 4.98. The molecule has 1 amide bonds. The van der Waals surface area contributed by atoms with Crippen LogP contribution in [0.3, 0.4) is 0 Å². The quantitative estimate of drug-likeness (QED) is 0.648. The molecule has 0 radical (unpaired) electrons. The maximum atomic E-state index is 12.6. The number of carbonyl (C=O) groups is 2. The van der Waals surface area contributed by atoms with Gasteiger partial charge in [-0.3, -0.25) is 4.79 Å². The van der Waals surface area contributed by atoms with Crippen molar-refractivity contribution in [3.63, 3.8) is 0 Å². The van der Waals surface area contributed by atoms with Crippen molar-refractivity contribution in [1.82, 2.24) is 4.98 Å². The first-order chi connectivity index (χ1) is 13.5. The molecular weight excluding hydrogens is 400 g/mol. The molecule has 0 bridgehead atoms. The molecule has 2 aromatic rings. The Hall–Kier alpha value is -2.23. The molecule has 0 unspecified atom stereocenters. The largest absolute Gasteiger partial charge is 0.503 e. The Balaban J connectivity index is 0.000000516. The van der Waals surface area contributed by atoms with Gasteiger partial charge in [0, 0.05) is 27.1 Å². The summed E-state index contributed by atoms with van der Waals surface area (Å²) in [5.41, 5.74) is 4.36. The molecule has 28 heavy (non-hydrogen) atoms. The van der Waals surface area contributed by atoms with E-state index in [2.05, 4.69) is 21.8 Å². The molecule has 0 aromatic carbocycles. The van der Waals surface area contributed by atoms with Crippen LogP contribution in [0, 0.1) is 6.92 Å². The van der Waals surface area contributed by atoms with Gasteiger partial charge in [-0.2, -0.15) is 0 Å². The van der Waals surface area contributed by atoms with Gasteiger partial charge in [0.25, 0.3) is 5.91 Å². The predicted octanol–water partition coefficient (Wildman–Crippen LogP) is 4.91. The zero-order valence-electron chi connectivity index (χ0n) is 15.5. The van der Waals surface area contributed by atoms with E-state index < -0.39 is 6.16 Å². The maximum Gasteiger partial charge on any atom is 0.503 e. The Morgan fingerprint density at radius 2 is 2.04 bits per heavy atom. The lowest BCUT2D eigenvalue weighted by molar-refractivity contribution is -0.113. The molecule has 1 aliphatic heterocycles. The molecule has 3 heterocycles. The van der Waals surface area contributed by atoms with Crippen molar-refractivity contribution < 1.29 is 24.5 Å². The van der Waals surface area contributed by atoms with Crippen LogP contribution < -0.4 is 5.32 Å². The molecule has 2 aromatic heterocycles. The number of amides is 1. The summed E-state index contributed by atoms with van der Waals surface area (Å²) in [5, 5.41) is 21.1. The van der Waals surface area contributed by atoms with E-state index in [0.29, 0.717) is 6.61 Å². The zero-order valence-corrected chi connectivity index (χ0v) is 17.1. The average molecular weight is 423 g/mol. The lowest BCUT2D eigenvalue weighted by atomic mass is 9.99.